The standard InChI is InChI=1S/C9H21NOS/c1-7(2)6-12(10,11)9(5)8(3)4/h7-10H,6H2,1-5H3/t9-,12+/m0/s1. The summed E-state index contributed by atoms with van der Waals surface area (Å²) in [6.07, 6.45) is 0. The highest BCUT2D eigenvalue weighted by atomic mass is 32.2. The van der Waals surface area contributed by atoms with Crippen LogP contribution in [0.4, 0.5) is 0 Å². The average Bonchev–Trinajstić information content (AvgIpc) is 1.82. The van der Waals surface area contributed by atoms with Crippen LogP contribution in [0.3, 0.4) is 0 Å². The minimum absolute atomic E-state index is 0.0138. The van der Waals surface area contributed by atoms with E-state index in [0.717, 1.165) is 0 Å². The average molecular weight is 191 g/mol. The van der Waals surface area contributed by atoms with Gasteiger partial charge in [-0.15, -0.1) is 0 Å². The molecule has 12 heavy (non-hydrogen) atoms. The van der Waals surface area contributed by atoms with Gasteiger partial charge in [0, 0.05) is 20.7 Å². The van der Waals surface area contributed by atoms with Crippen molar-refractivity contribution >= 4 is 9.73 Å². The van der Waals surface area contributed by atoms with Crippen molar-refractivity contribution < 1.29 is 4.21 Å². The molecule has 3 heteroatoms. The van der Waals surface area contributed by atoms with E-state index in [0.29, 0.717) is 17.6 Å². The number of nitrogens with one attached hydrogen (secondary N) is 1. The Labute approximate surface area is 76.7 Å². The second-order valence-electron chi connectivity index (χ2n) is 4.24. The zero-order valence-corrected chi connectivity index (χ0v) is 9.57. The smallest absolute Gasteiger partial charge is 0.0472 e. The maximum absolute atomic E-state index is 11.8. The van der Waals surface area contributed by atoms with Gasteiger partial charge < -0.3 is 0 Å². The SMILES string of the molecule is CC(C)C[S@@](=N)(=O)[C@@H](C)C(C)C. The normalized spacial score (nSPS) is 19.6. The summed E-state index contributed by atoms with van der Waals surface area (Å²) < 4.78 is 19.5. The van der Waals surface area contributed by atoms with Crippen molar-refractivity contribution in [2.75, 3.05) is 5.75 Å². The molecule has 2 nitrogen and oxygen atoms in total. The van der Waals surface area contributed by atoms with Gasteiger partial charge in [0.05, 0.1) is 0 Å². The van der Waals surface area contributed by atoms with Crippen LogP contribution in [0.25, 0.3) is 0 Å². The molecule has 0 rings (SSSR count). The first-order chi connectivity index (χ1) is 5.27. The summed E-state index contributed by atoms with van der Waals surface area (Å²) in [7, 11) is -2.36. The van der Waals surface area contributed by atoms with Crippen LogP contribution in [-0.2, 0) is 9.73 Å². The van der Waals surface area contributed by atoms with Crippen LogP contribution in [0.2, 0.25) is 0 Å². The van der Waals surface area contributed by atoms with Gasteiger partial charge in [0.1, 0.15) is 0 Å². The van der Waals surface area contributed by atoms with Gasteiger partial charge in [-0.25, -0.2) is 4.21 Å². The Hall–Kier alpha value is -0.0500. The molecule has 0 saturated heterocycles. The summed E-state index contributed by atoms with van der Waals surface area (Å²) in [5.41, 5.74) is 0. The molecule has 0 saturated carbocycles. The Morgan fingerprint density at radius 2 is 1.58 bits per heavy atom. The zero-order chi connectivity index (χ0) is 9.94. The highest BCUT2D eigenvalue weighted by Crippen LogP contribution is 2.15. The molecule has 2 atom stereocenters. The van der Waals surface area contributed by atoms with Crippen molar-refractivity contribution in [3.8, 4) is 0 Å². The van der Waals surface area contributed by atoms with E-state index in [4.69, 9.17) is 4.78 Å². The fraction of sp³-hybridized carbons (Fsp3) is 1.00. The molecular formula is C9H21NOS. The third-order valence-electron chi connectivity index (χ3n) is 2.12. The molecule has 0 aliphatic carbocycles. The van der Waals surface area contributed by atoms with E-state index in [1.807, 2.05) is 34.6 Å². The molecule has 0 unspecified atom stereocenters. The fourth-order valence-corrected chi connectivity index (χ4v) is 3.26. The number of hydrogen-bond donors (Lipinski definition) is 1. The number of rotatable bonds is 4. The Morgan fingerprint density at radius 1 is 1.17 bits per heavy atom. The maximum Gasteiger partial charge on any atom is 0.0472 e. The third-order valence-corrected chi connectivity index (χ3v) is 5.03. The zero-order valence-electron chi connectivity index (χ0n) is 8.76. The van der Waals surface area contributed by atoms with Crippen molar-refractivity contribution in [1.29, 1.82) is 4.78 Å². The van der Waals surface area contributed by atoms with E-state index >= 15 is 0 Å². The molecule has 74 valence electrons. The van der Waals surface area contributed by atoms with Gasteiger partial charge in [-0.2, -0.15) is 0 Å². The molecule has 1 N–H and O–H groups in total. The first-order valence-corrected chi connectivity index (χ1v) is 6.31. The predicted octanol–water partition coefficient (Wildman–Crippen LogP) is 2.73. The first-order valence-electron chi connectivity index (χ1n) is 4.52. The summed E-state index contributed by atoms with van der Waals surface area (Å²) >= 11 is 0. The van der Waals surface area contributed by atoms with Gasteiger partial charge >= 0.3 is 0 Å². The van der Waals surface area contributed by atoms with Gasteiger partial charge in [0.25, 0.3) is 0 Å². The van der Waals surface area contributed by atoms with Crippen molar-refractivity contribution in [1.82, 2.24) is 0 Å². The molecule has 0 aromatic carbocycles. The Bertz CT molecular complexity index is 217. The quantitative estimate of drug-likeness (QED) is 0.729. The molecule has 0 aliphatic rings. The minimum Gasteiger partial charge on any atom is -0.253 e. The van der Waals surface area contributed by atoms with E-state index in [1.54, 1.807) is 0 Å². The van der Waals surface area contributed by atoms with E-state index in [9.17, 15) is 4.21 Å². The minimum atomic E-state index is -2.36. The fourth-order valence-electron chi connectivity index (χ4n) is 1.09. The Morgan fingerprint density at radius 3 is 1.83 bits per heavy atom. The summed E-state index contributed by atoms with van der Waals surface area (Å²) in [5.74, 6) is 1.23. The van der Waals surface area contributed by atoms with Crippen molar-refractivity contribution in [2.24, 2.45) is 11.8 Å². The lowest BCUT2D eigenvalue weighted by Gasteiger charge is -2.20. The molecule has 0 radical (unpaired) electrons. The first kappa shape index (κ1) is 11.9. The molecule has 0 aliphatic heterocycles. The summed E-state index contributed by atoms with van der Waals surface area (Å²) in [5, 5.41) is 0.0138. The lowest BCUT2D eigenvalue weighted by atomic mass is 10.2. The highest BCUT2D eigenvalue weighted by molar-refractivity contribution is 7.93. The summed E-state index contributed by atoms with van der Waals surface area (Å²) in [6, 6.07) is 0. The van der Waals surface area contributed by atoms with Crippen LogP contribution < -0.4 is 0 Å². The lowest BCUT2D eigenvalue weighted by molar-refractivity contribution is 0.588. The van der Waals surface area contributed by atoms with Gasteiger partial charge in [-0.1, -0.05) is 27.7 Å². The second-order valence-corrected chi connectivity index (χ2v) is 6.77. The van der Waals surface area contributed by atoms with Gasteiger partial charge in [-0.3, -0.25) is 4.78 Å². The predicted molar refractivity (Wildman–Crippen MR) is 54.9 cm³/mol. The van der Waals surface area contributed by atoms with E-state index in [1.165, 1.54) is 0 Å². The Balaban J connectivity index is 4.41. The van der Waals surface area contributed by atoms with E-state index in [-0.39, 0.29) is 5.25 Å². The van der Waals surface area contributed by atoms with Crippen LogP contribution in [0.5, 0.6) is 0 Å². The van der Waals surface area contributed by atoms with Crippen molar-refractivity contribution in [3.63, 3.8) is 0 Å². The van der Waals surface area contributed by atoms with Crippen LogP contribution >= 0.6 is 0 Å². The monoisotopic (exact) mass is 191 g/mol. The molecule has 0 spiro atoms. The molecule has 0 aromatic rings. The van der Waals surface area contributed by atoms with Crippen molar-refractivity contribution in [2.45, 2.75) is 39.9 Å². The van der Waals surface area contributed by atoms with Crippen molar-refractivity contribution in [3.05, 3.63) is 0 Å². The van der Waals surface area contributed by atoms with E-state index < -0.39 is 9.73 Å². The molecule has 0 aromatic heterocycles. The van der Waals surface area contributed by atoms with Crippen LogP contribution in [0.1, 0.15) is 34.6 Å². The number of hydrogen-bond acceptors (Lipinski definition) is 2. The summed E-state index contributed by atoms with van der Waals surface area (Å²) in [4.78, 5) is 0. The van der Waals surface area contributed by atoms with Gasteiger partial charge in [0.2, 0.25) is 0 Å². The second kappa shape index (κ2) is 4.26. The third kappa shape index (κ3) is 3.57. The molecule has 0 amide bonds. The van der Waals surface area contributed by atoms with Crippen LogP contribution in [0.15, 0.2) is 0 Å². The van der Waals surface area contributed by atoms with E-state index in [2.05, 4.69) is 0 Å². The van der Waals surface area contributed by atoms with Gasteiger partial charge in [0.15, 0.2) is 0 Å². The lowest BCUT2D eigenvalue weighted by Crippen LogP contribution is -2.26. The molecule has 0 bridgehead atoms. The van der Waals surface area contributed by atoms with Crippen LogP contribution in [0, 0.1) is 16.6 Å². The van der Waals surface area contributed by atoms with Gasteiger partial charge in [-0.05, 0) is 18.8 Å². The Kier molecular flexibility index (Phi) is 4.24. The largest absolute Gasteiger partial charge is 0.253 e. The molecule has 0 fully saturated rings. The summed E-state index contributed by atoms with van der Waals surface area (Å²) in [6.45, 7) is 10.0. The highest BCUT2D eigenvalue weighted by Gasteiger charge is 2.20. The molecule has 0 heterocycles. The maximum atomic E-state index is 11.8. The topological polar surface area (TPSA) is 40.9 Å². The van der Waals surface area contributed by atoms with Crippen LogP contribution in [-0.4, -0.2) is 15.2 Å². The molecular weight excluding hydrogens is 170 g/mol.